The van der Waals surface area contributed by atoms with Gasteiger partial charge in [-0.1, -0.05) is 0 Å². The number of carbonyl (C=O) groups is 1. The number of rotatable bonds is 2. The van der Waals surface area contributed by atoms with Gasteiger partial charge in [0.15, 0.2) is 0 Å². The van der Waals surface area contributed by atoms with Gasteiger partial charge in [0.1, 0.15) is 10.7 Å². The molecule has 1 amide bonds. The summed E-state index contributed by atoms with van der Waals surface area (Å²) in [4.78, 5) is 26.5. The standard InChI is InChI=1S/C12H14N4OS/c1-8-5-14-11(15-8)9-3-2-4-16(9)12(17)10-6-13-7-18-10/h5-7,9H,2-4H2,1H3,(H,14,15)/t9-/m0/s1. The summed E-state index contributed by atoms with van der Waals surface area (Å²) in [6, 6.07) is 0.0771. The monoisotopic (exact) mass is 262 g/mol. The van der Waals surface area contributed by atoms with Crippen molar-refractivity contribution < 1.29 is 4.79 Å². The van der Waals surface area contributed by atoms with Gasteiger partial charge in [0, 0.05) is 18.4 Å². The number of aryl methyl sites for hydroxylation is 1. The Kier molecular flexibility index (Phi) is 2.87. The normalized spacial score (nSPS) is 19.4. The minimum Gasteiger partial charge on any atom is -0.344 e. The Labute approximate surface area is 109 Å². The summed E-state index contributed by atoms with van der Waals surface area (Å²) in [6.07, 6.45) is 5.44. The van der Waals surface area contributed by atoms with E-state index in [1.54, 1.807) is 11.7 Å². The number of hydrogen-bond donors (Lipinski definition) is 1. The lowest BCUT2D eigenvalue weighted by molar-refractivity contribution is 0.0735. The third-order valence-electron chi connectivity index (χ3n) is 3.19. The zero-order chi connectivity index (χ0) is 12.5. The van der Waals surface area contributed by atoms with Crippen LogP contribution in [-0.4, -0.2) is 32.3 Å². The lowest BCUT2D eigenvalue weighted by Crippen LogP contribution is -2.30. The first-order chi connectivity index (χ1) is 8.75. The Morgan fingerprint density at radius 3 is 3.11 bits per heavy atom. The second-order valence-corrected chi connectivity index (χ2v) is 5.36. The Morgan fingerprint density at radius 2 is 2.44 bits per heavy atom. The molecule has 2 aromatic rings. The number of amides is 1. The fourth-order valence-corrected chi connectivity index (χ4v) is 2.93. The van der Waals surface area contributed by atoms with Crippen molar-refractivity contribution in [3.63, 3.8) is 0 Å². The highest BCUT2D eigenvalue weighted by molar-refractivity contribution is 7.11. The molecule has 0 saturated carbocycles. The lowest BCUT2D eigenvalue weighted by Gasteiger charge is -2.22. The predicted molar refractivity (Wildman–Crippen MR) is 68.5 cm³/mol. The van der Waals surface area contributed by atoms with E-state index >= 15 is 0 Å². The molecule has 2 aromatic heterocycles. The van der Waals surface area contributed by atoms with Crippen LogP contribution in [0.3, 0.4) is 0 Å². The molecule has 1 atom stereocenters. The van der Waals surface area contributed by atoms with Crippen LogP contribution in [0.1, 0.15) is 40.1 Å². The van der Waals surface area contributed by atoms with Gasteiger partial charge in [0.2, 0.25) is 0 Å². The molecule has 1 aliphatic heterocycles. The fraction of sp³-hybridized carbons (Fsp3) is 0.417. The van der Waals surface area contributed by atoms with Crippen LogP contribution >= 0.6 is 11.3 Å². The van der Waals surface area contributed by atoms with Crippen LogP contribution < -0.4 is 0 Å². The second kappa shape index (κ2) is 4.53. The number of aromatic nitrogens is 3. The minimum absolute atomic E-state index is 0.0639. The molecule has 0 unspecified atom stereocenters. The van der Waals surface area contributed by atoms with Gasteiger partial charge in [-0.2, -0.15) is 0 Å². The maximum atomic E-state index is 12.4. The summed E-state index contributed by atoms with van der Waals surface area (Å²) in [5, 5.41) is 0. The van der Waals surface area contributed by atoms with Crippen LogP contribution in [0.15, 0.2) is 17.9 Å². The largest absolute Gasteiger partial charge is 0.344 e. The first kappa shape index (κ1) is 11.4. The average Bonchev–Trinajstić information content (AvgIpc) is 3.09. The first-order valence-electron chi connectivity index (χ1n) is 5.96. The quantitative estimate of drug-likeness (QED) is 0.902. The molecular weight excluding hydrogens is 248 g/mol. The number of aromatic amines is 1. The zero-order valence-electron chi connectivity index (χ0n) is 10.1. The highest BCUT2D eigenvalue weighted by atomic mass is 32.1. The van der Waals surface area contributed by atoms with Crippen molar-refractivity contribution in [2.45, 2.75) is 25.8 Å². The van der Waals surface area contributed by atoms with Crippen LogP contribution in [0.25, 0.3) is 0 Å². The number of hydrogen-bond acceptors (Lipinski definition) is 4. The van der Waals surface area contributed by atoms with Gasteiger partial charge in [-0.05, 0) is 19.8 Å². The second-order valence-electron chi connectivity index (χ2n) is 4.47. The molecular formula is C12H14N4OS. The predicted octanol–water partition coefficient (Wildman–Crippen LogP) is 2.15. The molecule has 1 saturated heterocycles. The van der Waals surface area contributed by atoms with Crippen molar-refractivity contribution in [3.05, 3.63) is 34.3 Å². The molecule has 0 aromatic carbocycles. The van der Waals surface area contributed by atoms with Crippen molar-refractivity contribution in [2.75, 3.05) is 6.54 Å². The summed E-state index contributed by atoms with van der Waals surface area (Å²) in [5.41, 5.74) is 2.72. The van der Waals surface area contributed by atoms with Gasteiger partial charge in [-0.15, -0.1) is 11.3 Å². The number of likely N-dealkylation sites (tertiary alicyclic amines) is 1. The molecule has 0 bridgehead atoms. The van der Waals surface area contributed by atoms with Crippen molar-refractivity contribution in [1.29, 1.82) is 0 Å². The number of carbonyl (C=O) groups excluding carboxylic acids is 1. The average molecular weight is 262 g/mol. The molecule has 6 heteroatoms. The summed E-state index contributed by atoms with van der Waals surface area (Å²) in [7, 11) is 0. The molecule has 5 nitrogen and oxygen atoms in total. The van der Waals surface area contributed by atoms with E-state index in [4.69, 9.17) is 0 Å². The Balaban J connectivity index is 1.85. The van der Waals surface area contributed by atoms with Gasteiger partial charge in [-0.3, -0.25) is 9.78 Å². The summed E-state index contributed by atoms with van der Waals surface area (Å²) >= 11 is 1.39. The van der Waals surface area contributed by atoms with Gasteiger partial charge in [0.05, 0.1) is 17.7 Å². The summed E-state index contributed by atoms with van der Waals surface area (Å²) < 4.78 is 0. The van der Waals surface area contributed by atoms with Crippen molar-refractivity contribution in [2.24, 2.45) is 0 Å². The van der Waals surface area contributed by atoms with Gasteiger partial charge in [-0.25, -0.2) is 4.98 Å². The number of H-pyrrole nitrogens is 1. The lowest BCUT2D eigenvalue weighted by atomic mass is 10.2. The number of nitrogens with one attached hydrogen (secondary N) is 1. The van der Waals surface area contributed by atoms with Crippen molar-refractivity contribution in [1.82, 2.24) is 19.9 Å². The Morgan fingerprint density at radius 1 is 1.56 bits per heavy atom. The molecule has 18 heavy (non-hydrogen) atoms. The molecule has 0 aliphatic carbocycles. The summed E-state index contributed by atoms with van der Waals surface area (Å²) in [5.74, 6) is 0.955. The molecule has 0 spiro atoms. The molecule has 1 N–H and O–H groups in total. The Hall–Kier alpha value is -1.69. The van der Waals surface area contributed by atoms with Crippen LogP contribution in [0, 0.1) is 6.92 Å². The third-order valence-corrected chi connectivity index (χ3v) is 3.96. The third kappa shape index (κ3) is 1.92. The first-order valence-corrected chi connectivity index (χ1v) is 6.84. The van der Waals surface area contributed by atoms with E-state index < -0.39 is 0 Å². The van der Waals surface area contributed by atoms with E-state index in [0.29, 0.717) is 4.88 Å². The number of thiazole rings is 1. The van der Waals surface area contributed by atoms with E-state index in [1.165, 1.54) is 11.3 Å². The van der Waals surface area contributed by atoms with Crippen LogP contribution in [-0.2, 0) is 0 Å². The molecule has 3 heterocycles. The zero-order valence-corrected chi connectivity index (χ0v) is 10.9. The van der Waals surface area contributed by atoms with Gasteiger partial charge >= 0.3 is 0 Å². The van der Waals surface area contributed by atoms with Gasteiger partial charge < -0.3 is 9.88 Å². The van der Waals surface area contributed by atoms with E-state index in [2.05, 4.69) is 15.0 Å². The molecule has 1 fully saturated rings. The maximum absolute atomic E-state index is 12.4. The summed E-state index contributed by atoms with van der Waals surface area (Å²) in [6.45, 7) is 2.77. The van der Waals surface area contributed by atoms with Crippen molar-refractivity contribution >= 4 is 17.2 Å². The smallest absolute Gasteiger partial charge is 0.266 e. The van der Waals surface area contributed by atoms with Crippen LogP contribution in [0.5, 0.6) is 0 Å². The fourth-order valence-electron chi connectivity index (χ4n) is 2.36. The SMILES string of the molecule is Cc1cnc([C@@H]2CCCN2C(=O)c2cncs2)[nH]1. The van der Waals surface area contributed by atoms with Gasteiger partial charge in [0.25, 0.3) is 5.91 Å². The minimum atomic E-state index is 0.0639. The van der Waals surface area contributed by atoms with E-state index in [0.717, 1.165) is 30.9 Å². The Bertz CT molecular complexity index is 548. The molecule has 0 radical (unpaired) electrons. The molecule has 1 aliphatic rings. The van der Waals surface area contributed by atoms with Crippen LogP contribution in [0.4, 0.5) is 0 Å². The van der Waals surface area contributed by atoms with E-state index in [1.807, 2.05) is 18.0 Å². The highest BCUT2D eigenvalue weighted by Gasteiger charge is 2.32. The van der Waals surface area contributed by atoms with E-state index in [9.17, 15) is 4.79 Å². The maximum Gasteiger partial charge on any atom is 0.266 e. The topological polar surface area (TPSA) is 61.9 Å². The van der Waals surface area contributed by atoms with Crippen LogP contribution in [0.2, 0.25) is 0 Å². The molecule has 94 valence electrons. The molecule has 3 rings (SSSR count). The van der Waals surface area contributed by atoms with Crippen molar-refractivity contribution in [3.8, 4) is 0 Å². The number of nitrogens with zero attached hydrogens (tertiary/aromatic N) is 3. The van der Waals surface area contributed by atoms with E-state index in [-0.39, 0.29) is 11.9 Å². The number of imidazole rings is 1. The highest BCUT2D eigenvalue weighted by Crippen LogP contribution is 2.31.